The minimum Gasteiger partial charge on any atom is -0.351 e. The van der Waals surface area contributed by atoms with E-state index in [-0.39, 0.29) is 6.04 Å². The van der Waals surface area contributed by atoms with Crippen molar-refractivity contribution in [3.63, 3.8) is 0 Å². The highest BCUT2D eigenvalue weighted by molar-refractivity contribution is 5.58. The summed E-state index contributed by atoms with van der Waals surface area (Å²) >= 11 is 0. The summed E-state index contributed by atoms with van der Waals surface area (Å²) in [5.74, 6) is 0.798. The molecule has 0 radical (unpaired) electrons. The van der Waals surface area contributed by atoms with Gasteiger partial charge in [0, 0.05) is 25.0 Å². The smallest absolute Gasteiger partial charge is 0.146 e. The van der Waals surface area contributed by atoms with E-state index in [1.807, 2.05) is 10.7 Å². The Balaban J connectivity index is 1.56. The number of rotatable bonds is 2. The molecule has 0 saturated carbocycles. The summed E-state index contributed by atoms with van der Waals surface area (Å²) in [5, 5.41) is 22.4. The van der Waals surface area contributed by atoms with Crippen molar-refractivity contribution < 1.29 is 0 Å². The lowest BCUT2D eigenvalue weighted by Crippen LogP contribution is -2.48. The minimum atomic E-state index is 0.240. The maximum Gasteiger partial charge on any atom is 0.146 e. The molecule has 1 aliphatic carbocycles. The molecule has 6 nitrogen and oxygen atoms in total. The third-order valence-corrected chi connectivity index (χ3v) is 4.42. The summed E-state index contributed by atoms with van der Waals surface area (Å²) in [6, 6.07) is 6.60. The number of fused-ring (bicyclic) bond motifs is 1. The van der Waals surface area contributed by atoms with E-state index in [0.717, 1.165) is 43.9 Å². The lowest BCUT2D eigenvalue weighted by Gasteiger charge is -2.40. The Morgan fingerprint density at radius 1 is 1.18 bits per heavy atom. The first-order chi connectivity index (χ1) is 10.8. The summed E-state index contributed by atoms with van der Waals surface area (Å²) in [6.07, 6.45) is 6.52. The van der Waals surface area contributed by atoms with Gasteiger partial charge in [0.2, 0.25) is 0 Å². The van der Waals surface area contributed by atoms with Crippen molar-refractivity contribution >= 4 is 5.82 Å². The van der Waals surface area contributed by atoms with Gasteiger partial charge in [-0.3, -0.25) is 4.68 Å². The summed E-state index contributed by atoms with van der Waals surface area (Å²) in [4.78, 5) is 6.84. The van der Waals surface area contributed by atoms with Crippen molar-refractivity contribution in [1.29, 1.82) is 10.5 Å². The monoisotopic (exact) mass is 290 g/mol. The zero-order valence-corrected chi connectivity index (χ0v) is 12.0. The predicted molar refractivity (Wildman–Crippen MR) is 79.2 cm³/mol. The fourth-order valence-corrected chi connectivity index (χ4v) is 3.18. The molecule has 1 fully saturated rings. The van der Waals surface area contributed by atoms with Gasteiger partial charge in [0.25, 0.3) is 0 Å². The molecule has 2 aromatic heterocycles. The maximum atomic E-state index is 9.37. The standard InChI is InChI=1S/C16H14N6/c17-5-11-7-19-22(8-11)14-9-21(10-14)16-13(6-18)4-12-2-1-3-15(12)20-16/h4,7-8,14H,1-3,9-10H2. The van der Waals surface area contributed by atoms with Gasteiger partial charge in [0.05, 0.1) is 23.4 Å². The Morgan fingerprint density at radius 3 is 2.77 bits per heavy atom. The molecule has 1 aliphatic heterocycles. The Labute approximate surface area is 128 Å². The molecule has 2 aromatic rings. The first-order valence-electron chi connectivity index (χ1n) is 7.40. The summed E-state index contributed by atoms with van der Waals surface area (Å²) in [7, 11) is 0. The summed E-state index contributed by atoms with van der Waals surface area (Å²) in [6.45, 7) is 1.54. The second kappa shape index (κ2) is 4.85. The van der Waals surface area contributed by atoms with Crippen molar-refractivity contribution in [2.45, 2.75) is 25.3 Å². The first-order valence-corrected chi connectivity index (χ1v) is 7.40. The molecule has 0 atom stereocenters. The van der Waals surface area contributed by atoms with Crippen LogP contribution in [0.3, 0.4) is 0 Å². The van der Waals surface area contributed by atoms with Gasteiger partial charge in [-0.15, -0.1) is 0 Å². The zero-order chi connectivity index (χ0) is 15.1. The Bertz CT molecular complexity index is 816. The minimum absolute atomic E-state index is 0.240. The molecule has 2 aliphatic rings. The molecule has 0 N–H and O–H groups in total. The third-order valence-electron chi connectivity index (χ3n) is 4.42. The fraction of sp³-hybridized carbons (Fsp3) is 0.375. The second-order valence-electron chi connectivity index (χ2n) is 5.81. The van der Waals surface area contributed by atoms with Crippen LogP contribution in [-0.2, 0) is 12.8 Å². The normalized spacial score (nSPS) is 16.7. The molecular weight excluding hydrogens is 276 g/mol. The number of hydrogen-bond donors (Lipinski definition) is 0. The van der Waals surface area contributed by atoms with Gasteiger partial charge in [-0.2, -0.15) is 15.6 Å². The number of pyridine rings is 1. The van der Waals surface area contributed by atoms with E-state index in [0.29, 0.717) is 11.1 Å². The van der Waals surface area contributed by atoms with Crippen LogP contribution in [0, 0.1) is 22.7 Å². The van der Waals surface area contributed by atoms with E-state index in [2.05, 4.69) is 22.1 Å². The molecule has 0 aromatic carbocycles. The van der Waals surface area contributed by atoms with Gasteiger partial charge in [-0.25, -0.2) is 4.98 Å². The number of anilines is 1. The Kier molecular flexibility index (Phi) is 2.83. The highest BCUT2D eigenvalue weighted by atomic mass is 15.4. The SMILES string of the molecule is N#Cc1cnn(C2CN(c3nc4c(cc3C#N)CCC4)C2)c1. The van der Waals surface area contributed by atoms with Gasteiger partial charge in [-0.1, -0.05) is 0 Å². The van der Waals surface area contributed by atoms with Crippen molar-refractivity contribution in [1.82, 2.24) is 14.8 Å². The molecule has 4 rings (SSSR count). The maximum absolute atomic E-state index is 9.37. The van der Waals surface area contributed by atoms with Crippen molar-refractivity contribution in [2.24, 2.45) is 0 Å². The number of hydrogen-bond acceptors (Lipinski definition) is 5. The van der Waals surface area contributed by atoms with E-state index in [1.54, 1.807) is 12.4 Å². The van der Waals surface area contributed by atoms with Gasteiger partial charge >= 0.3 is 0 Å². The predicted octanol–water partition coefficient (Wildman–Crippen LogP) is 1.57. The lowest BCUT2D eigenvalue weighted by atomic mass is 10.1. The number of aryl methyl sites for hydroxylation is 2. The highest BCUT2D eigenvalue weighted by Gasteiger charge is 2.32. The fourth-order valence-electron chi connectivity index (χ4n) is 3.18. The molecule has 0 unspecified atom stereocenters. The van der Waals surface area contributed by atoms with Gasteiger partial charge < -0.3 is 4.90 Å². The number of nitrogens with zero attached hydrogens (tertiary/aromatic N) is 6. The van der Waals surface area contributed by atoms with Crippen LogP contribution in [0.1, 0.15) is 34.8 Å². The largest absolute Gasteiger partial charge is 0.351 e. The van der Waals surface area contributed by atoms with Crippen molar-refractivity contribution in [3.8, 4) is 12.1 Å². The van der Waals surface area contributed by atoms with Gasteiger partial charge in [0.15, 0.2) is 0 Å². The highest BCUT2D eigenvalue weighted by Crippen LogP contribution is 2.32. The van der Waals surface area contributed by atoms with E-state index in [4.69, 9.17) is 10.2 Å². The molecule has 108 valence electrons. The quantitative estimate of drug-likeness (QED) is 0.838. The van der Waals surface area contributed by atoms with Crippen molar-refractivity contribution in [3.05, 3.63) is 40.8 Å². The third kappa shape index (κ3) is 1.93. The Hall–Kier alpha value is -2.86. The molecule has 6 heteroatoms. The van der Waals surface area contributed by atoms with Crippen LogP contribution in [0.5, 0.6) is 0 Å². The summed E-state index contributed by atoms with van der Waals surface area (Å²) in [5.41, 5.74) is 3.61. The molecule has 22 heavy (non-hydrogen) atoms. The van der Waals surface area contributed by atoms with Crippen LogP contribution in [0.25, 0.3) is 0 Å². The summed E-state index contributed by atoms with van der Waals surface area (Å²) < 4.78 is 1.83. The molecule has 0 amide bonds. The van der Waals surface area contributed by atoms with Crippen LogP contribution >= 0.6 is 0 Å². The lowest BCUT2D eigenvalue weighted by molar-refractivity contribution is 0.365. The molecule has 0 bridgehead atoms. The van der Waals surface area contributed by atoms with Crippen LogP contribution in [0.4, 0.5) is 5.82 Å². The number of nitriles is 2. The zero-order valence-electron chi connectivity index (χ0n) is 12.0. The van der Waals surface area contributed by atoms with Gasteiger partial charge in [0.1, 0.15) is 18.0 Å². The van der Waals surface area contributed by atoms with Crippen LogP contribution < -0.4 is 4.90 Å². The molecule has 3 heterocycles. The van der Waals surface area contributed by atoms with E-state index in [9.17, 15) is 5.26 Å². The molecular formula is C16H14N6. The van der Waals surface area contributed by atoms with Crippen LogP contribution in [-0.4, -0.2) is 27.9 Å². The topological polar surface area (TPSA) is 81.5 Å². The average molecular weight is 290 g/mol. The second-order valence-corrected chi connectivity index (χ2v) is 5.81. The van der Waals surface area contributed by atoms with Crippen LogP contribution in [0.2, 0.25) is 0 Å². The van der Waals surface area contributed by atoms with E-state index in [1.165, 1.54) is 5.56 Å². The molecule has 0 spiro atoms. The van der Waals surface area contributed by atoms with E-state index < -0.39 is 0 Å². The first kappa shape index (κ1) is 12.8. The Morgan fingerprint density at radius 2 is 2.05 bits per heavy atom. The molecule has 1 saturated heterocycles. The van der Waals surface area contributed by atoms with E-state index >= 15 is 0 Å². The number of aromatic nitrogens is 3. The van der Waals surface area contributed by atoms with Crippen molar-refractivity contribution in [2.75, 3.05) is 18.0 Å². The van der Waals surface area contributed by atoms with Gasteiger partial charge in [-0.05, 0) is 30.9 Å². The van der Waals surface area contributed by atoms with Crippen LogP contribution in [0.15, 0.2) is 18.5 Å². The average Bonchev–Trinajstić information content (AvgIpc) is 3.13.